The number of rotatable bonds is 2. The summed E-state index contributed by atoms with van der Waals surface area (Å²) >= 11 is 5.84. The fraction of sp³-hybridized carbons (Fsp3) is 0.429. The Balaban J connectivity index is 1.73. The molecule has 1 aliphatic rings. The zero-order valence-corrected chi connectivity index (χ0v) is 12.3. The monoisotopic (exact) mass is 292 g/mol. The minimum absolute atomic E-state index is 0.000862. The molecule has 0 spiro atoms. The number of hydrogen-bond acceptors (Lipinski definition) is 2. The predicted octanol–water partition coefficient (Wildman–Crippen LogP) is 2.57. The summed E-state index contributed by atoms with van der Waals surface area (Å²) < 4.78 is 2.03. The average molecular weight is 293 g/mol. The summed E-state index contributed by atoms with van der Waals surface area (Å²) in [6.07, 6.45) is 2.56. The first kappa shape index (κ1) is 13.2. The van der Waals surface area contributed by atoms with Crippen LogP contribution < -0.4 is 0 Å². The number of halogens is 1. The maximum atomic E-state index is 12.3. The highest BCUT2D eigenvalue weighted by atomic mass is 35.5. The second-order valence-corrected chi connectivity index (χ2v) is 5.73. The fourth-order valence-corrected chi connectivity index (χ4v) is 2.97. The second-order valence-electron chi connectivity index (χ2n) is 5.30. The Kier molecular flexibility index (Phi) is 3.30. The topological polar surface area (TPSA) is 53.9 Å². The SMILES string of the molecule is Cc1cc(C)n([C@H]2CCN(C(=O)c3cc(Cl)c[nH]3)C2)n1. The van der Waals surface area contributed by atoms with Gasteiger partial charge >= 0.3 is 0 Å². The average Bonchev–Trinajstić information content (AvgIpc) is 3.08. The lowest BCUT2D eigenvalue weighted by Crippen LogP contribution is -2.29. The van der Waals surface area contributed by atoms with E-state index in [0.29, 0.717) is 17.3 Å². The number of nitrogens with one attached hydrogen (secondary N) is 1. The molecule has 1 saturated heterocycles. The molecule has 0 aromatic carbocycles. The number of likely N-dealkylation sites (tertiary alicyclic amines) is 1. The molecule has 1 aliphatic heterocycles. The van der Waals surface area contributed by atoms with Crippen LogP contribution in [0, 0.1) is 13.8 Å². The highest BCUT2D eigenvalue weighted by molar-refractivity contribution is 6.30. The van der Waals surface area contributed by atoms with Gasteiger partial charge in [-0.15, -0.1) is 0 Å². The van der Waals surface area contributed by atoms with Gasteiger partial charge in [0.05, 0.1) is 16.8 Å². The van der Waals surface area contributed by atoms with Gasteiger partial charge in [-0.2, -0.15) is 5.10 Å². The van der Waals surface area contributed by atoms with Gasteiger partial charge in [-0.25, -0.2) is 0 Å². The summed E-state index contributed by atoms with van der Waals surface area (Å²) in [5.74, 6) is 0.000862. The molecule has 1 amide bonds. The standard InChI is InChI=1S/C14H17ClN4O/c1-9-5-10(2)19(17-9)12-3-4-18(8-12)14(20)13-6-11(15)7-16-13/h5-7,12,16H,3-4,8H2,1-2H3/t12-/m0/s1. The zero-order valence-electron chi connectivity index (χ0n) is 11.6. The van der Waals surface area contributed by atoms with Gasteiger partial charge in [-0.3, -0.25) is 9.48 Å². The zero-order chi connectivity index (χ0) is 14.3. The van der Waals surface area contributed by atoms with Crippen LogP contribution >= 0.6 is 11.6 Å². The second kappa shape index (κ2) is 4.98. The molecule has 2 aromatic rings. The molecule has 3 rings (SSSR count). The summed E-state index contributed by atoms with van der Waals surface area (Å²) in [5.41, 5.74) is 2.71. The molecule has 1 atom stereocenters. The maximum Gasteiger partial charge on any atom is 0.270 e. The van der Waals surface area contributed by atoms with Crippen LogP contribution in [0.5, 0.6) is 0 Å². The summed E-state index contributed by atoms with van der Waals surface area (Å²) in [6, 6.07) is 3.99. The van der Waals surface area contributed by atoms with E-state index in [-0.39, 0.29) is 11.9 Å². The largest absolute Gasteiger partial charge is 0.356 e. The molecule has 6 heteroatoms. The smallest absolute Gasteiger partial charge is 0.270 e. The molecule has 0 unspecified atom stereocenters. The van der Waals surface area contributed by atoms with Crippen LogP contribution in [-0.4, -0.2) is 38.7 Å². The molecule has 3 heterocycles. The molecule has 5 nitrogen and oxygen atoms in total. The quantitative estimate of drug-likeness (QED) is 0.925. The molecule has 1 fully saturated rings. The number of carbonyl (C=O) groups excluding carboxylic acids is 1. The van der Waals surface area contributed by atoms with Gasteiger partial charge in [-0.1, -0.05) is 11.6 Å². The molecule has 0 saturated carbocycles. The number of nitrogens with zero attached hydrogens (tertiary/aromatic N) is 3. The van der Waals surface area contributed by atoms with Crippen LogP contribution in [0.1, 0.15) is 34.3 Å². The molecule has 0 radical (unpaired) electrons. The maximum absolute atomic E-state index is 12.3. The van der Waals surface area contributed by atoms with Crippen molar-refractivity contribution in [1.82, 2.24) is 19.7 Å². The Hall–Kier alpha value is -1.75. The molecule has 1 N–H and O–H groups in total. The number of H-pyrrole nitrogens is 1. The van der Waals surface area contributed by atoms with Crippen molar-refractivity contribution in [2.45, 2.75) is 26.3 Å². The van der Waals surface area contributed by atoms with Crippen molar-refractivity contribution >= 4 is 17.5 Å². The van der Waals surface area contributed by atoms with E-state index >= 15 is 0 Å². The first-order valence-electron chi connectivity index (χ1n) is 6.70. The molecule has 20 heavy (non-hydrogen) atoms. The first-order chi connectivity index (χ1) is 9.54. The van der Waals surface area contributed by atoms with Crippen molar-refractivity contribution < 1.29 is 4.79 Å². The summed E-state index contributed by atoms with van der Waals surface area (Å²) in [4.78, 5) is 17.1. The van der Waals surface area contributed by atoms with E-state index in [0.717, 1.165) is 24.4 Å². The Labute approximate surface area is 122 Å². The fourth-order valence-electron chi connectivity index (χ4n) is 2.80. The molecule has 0 bridgehead atoms. The van der Waals surface area contributed by atoms with Crippen molar-refractivity contribution in [2.24, 2.45) is 0 Å². The van der Waals surface area contributed by atoms with E-state index in [1.54, 1.807) is 12.3 Å². The number of hydrogen-bond donors (Lipinski definition) is 1. The van der Waals surface area contributed by atoms with Crippen molar-refractivity contribution in [3.63, 3.8) is 0 Å². The third-order valence-electron chi connectivity index (χ3n) is 3.72. The van der Waals surface area contributed by atoms with Crippen LogP contribution in [0.2, 0.25) is 5.02 Å². The minimum Gasteiger partial charge on any atom is -0.356 e. The Morgan fingerprint density at radius 1 is 1.45 bits per heavy atom. The molecular weight excluding hydrogens is 276 g/mol. The number of aromatic amines is 1. The molecule has 2 aromatic heterocycles. The number of carbonyl (C=O) groups is 1. The van der Waals surface area contributed by atoms with E-state index in [2.05, 4.69) is 23.1 Å². The van der Waals surface area contributed by atoms with Gasteiger partial charge < -0.3 is 9.88 Å². The Morgan fingerprint density at radius 2 is 2.25 bits per heavy atom. The van der Waals surface area contributed by atoms with Gasteiger partial charge in [0.15, 0.2) is 0 Å². The van der Waals surface area contributed by atoms with Crippen molar-refractivity contribution in [3.8, 4) is 0 Å². The van der Waals surface area contributed by atoms with Crippen molar-refractivity contribution in [3.05, 3.63) is 40.4 Å². The van der Waals surface area contributed by atoms with Crippen LogP contribution in [0.15, 0.2) is 18.3 Å². The van der Waals surface area contributed by atoms with E-state index in [4.69, 9.17) is 11.6 Å². The number of amides is 1. The molecular formula is C14H17ClN4O. The lowest BCUT2D eigenvalue weighted by molar-refractivity contribution is 0.0782. The first-order valence-corrected chi connectivity index (χ1v) is 7.08. The Bertz CT molecular complexity index is 645. The lowest BCUT2D eigenvalue weighted by atomic mass is 10.2. The van der Waals surface area contributed by atoms with E-state index in [1.807, 2.05) is 16.5 Å². The van der Waals surface area contributed by atoms with Gasteiger partial charge in [0, 0.05) is 25.0 Å². The normalized spacial score (nSPS) is 18.8. The summed E-state index contributed by atoms with van der Waals surface area (Å²) in [7, 11) is 0. The van der Waals surface area contributed by atoms with Crippen molar-refractivity contribution in [2.75, 3.05) is 13.1 Å². The lowest BCUT2D eigenvalue weighted by Gasteiger charge is -2.16. The number of aromatic nitrogens is 3. The van der Waals surface area contributed by atoms with Crippen LogP contribution in [0.4, 0.5) is 0 Å². The van der Waals surface area contributed by atoms with E-state index in [1.165, 1.54) is 0 Å². The Morgan fingerprint density at radius 3 is 2.85 bits per heavy atom. The minimum atomic E-state index is 0.000862. The highest BCUT2D eigenvalue weighted by Crippen LogP contribution is 2.24. The van der Waals surface area contributed by atoms with Crippen LogP contribution in [0.25, 0.3) is 0 Å². The van der Waals surface area contributed by atoms with Crippen LogP contribution in [-0.2, 0) is 0 Å². The summed E-state index contributed by atoms with van der Waals surface area (Å²) in [6.45, 7) is 5.48. The third-order valence-corrected chi connectivity index (χ3v) is 3.94. The van der Waals surface area contributed by atoms with Gasteiger partial charge in [0.1, 0.15) is 5.69 Å². The molecule has 0 aliphatic carbocycles. The van der Waals surface area contributed by atoms with Gasteiger partial charge in [-0.05, 0) is 32.4 Å². The van der Waals surface area contributed by atoms with Gasteiger partial charge in [0.25, 0.3) is 5.91 Å². The highest BCUT2D eigenvalue weighted by Gasteiger charge is 2.29. The summed E-state index contributed by atoms with van der Waals surface area (Å²) in [5, 5.41) is 5.07. The molecule has 106 valence electrons. The van der Waals surface area contributed by atoms with Crippen LogP contribution in [0.3, 0.4) is 0 Å². The van der Waals surface area contributed by atoms with Gasteiger partial charge in [0.2, 0.25) is 0 Å². The van der Waals surface area contributed by atoms with E-state index in [9.17, 15) is 4.79 Å². The number of aryl methyl sites for hydroxylation is 2. The van der Waals surface area contributed by atoms with E-state index < -0.39 is 0 Å². The third kappa shape index (κ3) is 2.33. The predicted molar refractivity (Wildman–Crippen MR) is 77.1 cm³/mol. The van der Waals surface area contributed by atoms with Crippen molar-refractivity contribution in [1.29, 1.82) is 0 Å².